The molecule has 0 aromatic heterocycles. The number of hydrogen-bond donors (Lipinski definition) is 0. The molecule has 4 nitrogen and oxygen atoms in total. The van der Waals surface area contributed by atoms with Crippen molar-refractivity contribution < 1.29 is 19.1 Å². The Morgan fingerprint density at radius 1 is 1.20 bits per heavy atom. The minimum atomic E-state index is -0.504. The molecule has 4 heteroatoms. The fourth-order valence-corrected chi connectivity index (χ4v) is 1.60. The van der Waals surface area contributed by atoms with Crippen LogP contribution in [-0.2, 0) is 19.1 Å². The predicted octanol–water partition coefficient (Wildman–Crippen LogP) is 2.75. The third-order valence-electron chi connectivity index (χ3n) is 2.56. The Balaban J connectivity index is 2.91. The number of benzene rings is 1. The molecule has 0 fully saturated rings. The summed E-state index contributed by atoms with van der Waals surface area (Å²) in [6, 6.07) is 9.32. The van der Waals surface area contributed by atoms with E-state index in [-0.39, 0.29) is 18.6 Å². The summed E-state index contributed by atoms with van der Waals surface area (Å²) >= 11 is 0. The molecule has 20 heavy (non-hydrogen) atoms. The van der Waals surface area contributed by atoms with Crippen LogP contribution in [0.2, 0.25) is 0 Å². The maximum Gasteiger partial charge on any atom is 0.334 e. The zero-order valence-corrected chi connectivity index (χ0v) is 11.7. The zero-order valence-electron chi connectivity index (χ0n) is 11.7. The summed E-state index contributed by atoms with van der Waals surface area (Å²) in [4.78, 5) is 23.3. The van der Waals surface area contributed by atoms with Gasteiger partial charge in [-0.25, -0.2) is 9.59 Å². The highest BCUT2D eigenvalue weighted by Gasteiger charge is 2.16. The highest BCUT2D eigenvalue weighted by Crippen LogP contribution is 2.16. The van der Waals surface area contributed by atoms with Gasteiger partial charge in [0.15, 0.2) is 0 Å². The van der Waals surface area contributed by atoms with E-state index in [1.54, 1.807) is 13.0 Å². The largest absolute Gasteiger partial charge is 0.466 e. The van der Waals surface area contributed by atoms with E-state index in [1.165, 1.54) is 7.11 Å². The van der Waals surface area contributed by atoms with Crippen molar-refractivity contribution in [2.75, 3.05) is 13.7 Å². The van der Waals surface area contributed by atoms with Crippen LogP contribution in [0.5, 0.6) is 0 Å². The van der Waals surface area contributed by atoms with E-state index in [0.717, 1.165) is 5.56 Å². The molecule has 0 saturated heterocycles. The van der Waals surface area contributed by atoms with Crippen LogP contribution in [-0.4, -0.2) is 25.7 Å². The van der Waals surface area contributed by atoms with Gasteiger partial charge >= 0.3 is 11.9 Å². The number of hydrogen-bond acceptors (Lipinski definition) is 4. The number of carbonyl (C=O) groups is 2. The minimum absolute atomic E-state index is 0.0976. The highest BCUT2D eigenvalue weighted by molar-refractivity contribution is 5.97. The van der Waals surface area contributed by atoms with Crippen LogP contribution in [0.4, 0.5) is 0 Å². The van der Waals surface area contributed by atoms with Crippen LogP contribution in [0.15, 0.2) is 48.1 Å². The molecule has 0 amide bonds. The Bertz CT molecular complexity index is 515. The molecule has 1 aromatic rings. The van der Waals surface area contributed by atoms with Gasteiger partial charge in [0, 0.05) is 17.6 Å². The summed E-state index contributed by atoms with van der Waals surface area (Å²) in [5.74, 6) is -0.991. The Labute approximate surface area is 118 Å². The monoisotopic (exact) mass is 274 g/mol. The maximum absolute atomic E-state index is 11.7. The standard InChI is InChI=1S/C16H18O4/c1-4-20-15(17)12(2)10-14(16(18)19-3)11-13-8-6-5-7-9-13/h5-9,11H,2,4,10H2,1,3H3/b14-11+. The van der Waals surface area contributed by atoms with Crippen molar-refractivity contribution in [3.05, 3.63) is 53.6 Å². The van der Waals surface area contributed by atoms with Gasteiger partial charge in [0.1, 0.15) is 0 Å². The van der Waals surface area contributed by atoms with Gasteiger partial charge in [0.2, 0.25) is 0 Å². The summed E-state index contributed by atoms with van der Waals surface area (Å²) in [5, 5.41) is 0. The zero-order chi connectivity index (χ0) is 15.0. The highest BCUT2D eigenvalue weighted by atomic mass is 16.5. The SMILES string of the molecule is C=C(C/C(=C\c1ccccc1)C(=O)OC)C(=O)OCC. The Hall–Kier alpha value is -2.36. The second-order valence-electron chi connectivity index (χ2n) is 4.07. The molecular formula is C16H18O4. The van der Waals surface area contributed by atoms with Gasteiger partial charge in [-0.1, -0.05) is 36.9 Å². The van der Waals surface area contributed by atoms with Crippen molar-refractivity contribution in [2.45, 2.75) is 13.3 Å². The van der Waals surface area contributed by atoms with E-state index in [1.807, 2.05) is 30.3 Å². The van der Waals surface area contributed by atoms with Gasteiger partial charge in [-0.15, -0.1) is 0 Å². The molecule has 0 radical (unpaired) electrons. The molecule has 1 rings (SSSR count). The molecule has 0 unspecified atom stereocenters. The number of carbonyl (C=O) groups excluding carboxylic acids is 2. The second-order valence-corrected chi connectivity index (χ2v) is 4.07. The number of ether oxygens (including phenoxy) is 2. The first kappa shape index (κ1) is 15.7. The van der Waals surface area contributed by atoms with E-state index in [9.17, 15) is 9.59 Å². The first-order valence-corrected chi connectivity index (χ1v) is 6.27. The summed E-state index contributed by atoms with van der Waals surface area (Å²) in [6.45, 7) is 5.63. The molecule has 0 heterocycles. The quantitative estimate of drug-likeness (QED) is 0.591. The molecule has 106 valence electrons. The first-order valence-electron chi connectivity index (χ1n) is 6.27. The Morgan fingerprint density at radius 3 is 2.40 bits per heavy atom. The van der Waals surface area contributed by atoms with Crippen molar-refractivity contribution >= 4 is 18.0 Å². The van der Waals surface area contributed by atoms with Crippen LogP contribution < -0.4 is 0 Å². The smallest absolute Gasteiger partial charge is 0.334 e. The lowest BCUT2D eigenvalue weighted by molar-refractivity contribution is -0.138. The van der Waals surface area contributed by atoms with E-state index in [4.69, 9.17) is 9.47 Å². The van der Waals surface area contributed by atoms with Crippen molar-refractivity contribution in [1.82, 2.24) is 0 Å². The topological polar surface area (TPSA) is 52.6 Å². The second kappa shape index (κ2) is 7.94. The van der Waals surface area contributed by atoms with Crippen molar-refractivity contribution in [2.24, 2.45) is 0 Å². The average Bonchev–Trinajstić information content (AvgIpc) is 2.47. The summed E-state index contributed by atoms with van der Waals surface area (Å²) < 4.78 is 9.58. The molecule has 0 aliphatic carbocycles. The van der Waals surface area contributed by atoms with E-state index < -0.39 is 11.9 Å². The van der Waals surface area contributed by atoms with Crippen molar-refractivity contribution in [3.8, 4) is 0 Å². The number of rotatable bonds is 6. The van der Waals surface area contributed by atoms with Gasteiger partial charge in [-0.3, -0.25) is 0 Å². The molecular weight excluding hydrogens is 256 g/mol. The van der Waals surface area contributed by atoms with Crippen LogP contribution in [0.3, 0.4) is 0 Å². The first-order chi connectivity index (χ1) is 9.58. The van der Waals surface area contributed by atoms with Gasteiger partial charge in [0.05, 0.1) is 13.7 Å². The molecule has 0 aliphatic rings. The fraction of sp³-hybridized carbons (Fsp3) is 0.250. The number of esters is 2. The lowest BCUT2D eigenvalue weighted by atomic mass is 10.0. The van der Waals surface area contributed by atoms with Gasteiger partial charge in [-0.2, -0.15) is 0 Å². The van der Waals surface area contributed by atoms with Gasteiger partial charge in [-0.05, 0) is 18.6 Å². The van der Waals surface area contributed by atoms with Crippen LogP contribution >= 0.6 is 0 Å². The number of methoxy groups -OCH3 is 1. The molecule has 0 aliphatic heterocycles. The summed E-state index contributed by atoms with van der Waals surface area (Å²) in [7, 11) is 1.30. The predicted molar refractivity (Wildman–Crippen MR) is 76.8 cm³/mol. The Kier molecular flexibility index (Phi) is 6.23. The van der Waals surface area contributed by atoms with Crippen LogP contribution in [0, 0.1) is 0 Å². The van der Waals surface area contributed by atoms with Gasteiger partial charge < -0.3 is 9.47 Å². The van der Waals surface area contributed by atoms with E-state index in [2.05, 4.69) is 6.58 Å². The lowest BCUT2D eigenvalue weighted by Crippen LogP contribution is -2.11. The van der Waals surface area contributed by atoms with Crippen molar-refractivity contribution in [3.63, 3.8) is 0 Å². The summed E-state index contributed by atoms with van der Waals surface area (Å²) in [5.41, 5.74) is 1.43. The third-order valence-corrected chi connectivity index (χ3v) is 2.56. The van der Waals surface area contributed by atoms with Gasteiger partial charge in [0.25, 0.3) is 0 Å². The maximum atomic E-state index is 11.7. The molecule has 0 spiro atoms. The van der Waals surface area contributed by atoms with Crippen molar-refractivity contribution in [1.29, 1.82) is 0 Å². The molecule has 1 aromatic carbocycles. The Morgan fingerprint density at radius 2 is 1.85 bits per heavy atom. The van der Waals surface area contributed by atoms with E-state index >= 15 is 0 Å². The third kappa shape index (κ3) is 4.72. The molecule has 0 saturated carbocycles. The molecule has 0 N–H and O–H groups in total. The minimum Gasteiger partial charge on any atom is -0.466 e. The average molecular weight is 274 g/mol. The molecule has 0 atom stereocenters. The summed E-state index contributed by atoms with van der Waals surface area (Å²) in [6.07, 6.45) is 1.77. The van der Waals surface area contributed by atoms with Crippen LogP contribution in [0.25, 0.3) is 6.08 Å². The fourth-order valence-electron chi connectivity index (χ4n) is 1.60. The normalized spacial score (nSPS) is 10.8. The van der Waals surface area contributed by atoms with E-state index in [0.29, 0.717) is 5.57 Å². The lowest BCUT2D eigenvalue weighted by Gasteiger charge is -2.08. The molecule has 0 bridgehead atoms. The van der Waals surface area contributed by atoms with Crippen LogP contribution in [0.1, 0.15) is 18.9 Å².